The number of aliphatic hydroxyl groups is 1. The summed E-state index contributed by atoms with van der Waals surface area (Å²) in [5, 5.41) is 15.8. The van der Waals surface area contributed by atoms with Crippen molar-refractivity contribution in [1.82, 2.24) is 10.0 Å². The number of hydrazine groups is 1. The number of amides is 2. The number of hydrogen-bond donors (Lipinski definition) is 2. The third-order valence-electron chi connectivity index (χ3n) is 6.65. The minimum atomic E-state index is -4.92. The van der Waals surface area contributed by atoms with Crippen LogP contribution in [0.4, 0.5) is 27.6 Å². The van der Waals surface area contributed by atoms with Gasteiger partial charge in [0.15, 0.2) is 11.6 Å². The number of piperidine rings is 1. The fraction of sp³-hybridized carbons (Fsp3) is 0.417. The standard InChI is InChI=1S/C24H24F5N3O4/c1-3-23-9-4-5-10-32(23)31(12-14-7-6-8-15(25)18(14)26)22(35)17(19(23)33)21(34)30-16-11-13(2)36-20(16)24(27,28)29/h6-8,11,33H,3-5,9-10,12H2,1-2H3,(H,30,34). The first-order chi connectivity index (χ1) is 16.9. The lowest BCUT2D eigenvalue weighted by molar-refractivity contribution is -0.176. The van der Waals surface area contributed by atoms with E-state index in [0.717, 1.165) is 17.1 Å². The van der Waals surface area contributed by atoms with Gasteiger partial charge in [-0.2, -0.15) is 13.2 Å². The summed E-state index contributed by atoms with van der Waals surface area (Å²) >= 11 is 0. The number of carbonyl (C=O) groups is 2. The van der Waals surface area contributed by atoms with E-state index in [9.17, 15) is 36.6 Å². The number of anilines is 1. The molecule has 36 heavy (non-hydrogen) atoms. The maximum Gasteiger partial charge on any atom is 0.451 e. The van der Waals surface area contributed by atoms with Crippen LogP contribution in [0.15, 0.2) is 40.0 Å². The molecule has 2 amide bonds. The van der Waals surface area contributed by atoms with Gasteiger partial charge in [0.25, 0.3) is 11.8 Å². The SMILES string of the molecule is CCC12CCCCN1N(Cc1cccc(F)c1F)C(=O)C(C(=O)Nc1cc(C)oc1C(F)(F)F)=C2O. The number of rotatable bonds is 5. The first kappa shape index (κ1) is 25.7. The summed E-state index contributed by atoms with van der Waals surface area (Å²) in [4.78, 5) is 26.7. The van der Waals surface area contributed by atoms with E-state index in [1.165, 1.54) is 19.1 Å². The van der Waals surface area contributed by atoms with Crippen molar-refractivity contribution in [2.75, 3.05) is 11.9 Å². The third kappa shape index (κ3) is 4.23. The summed E-state index contributed by atoms with van der Waals surface area (Å²) < 4.78 is 73.1. The van der Waals surface area contributed by atoms with E-state index in [1.54, 1.807) is 11.9 Å². The molecule has 3 heterocycles. The summed E-state index contributed by atoms with van der Waals surface area (Å²) in [7, 11) is 0. The summed E-state index contributed by atoms with van der Waals surface area (Å²) in [5.41, 5.74) is -2.86. The normalized spacial score (nSPS) is 21.1. The van der Waals surface area contributed by atoms with Gasteiger partial charge in [-0.1, -0.05) is 19.1 Å². The highest BCUT2D eigenvalue weighted by Gasteiger charge is 2.53. The van der Waals surface area contributed by atoms with Crippen LogP contribution >= 0.6 is 0 Å². The Kier molecular flexibility index (Phi) is 6.58. The lowest BCUT2D eigenvalue weighted by atomic mass is 9.80. The van der Waals surface area contributed by atoms with Crippen molar-refractivity contribution in [1.29, 1.82) is 0 Å². The summed E-state index contributed by atoms with van der Waals surface area (Å²) in [5.74, 6) is -6.77. The van der Waals surface area contributed by atoms with Gasteiger partial charge in [0.1, 0.15) is 17.1 Å². The number of fused-ring (bicyclic) bond motifs is 1. The molecule has 1 saturated heterocycles. The number of nitrogens with zero attached hydrogens (tertiary/aromatic N) is 2. The van der Waals surface area contributed by atoms with Crippen molar-refractivity contribution in [3.8, 4) is 0 Å². The second-order valence-electron chi connectivity index (χ2n) is 8.82. The van der Waals surface area contributed by atoms with E-state index < -0.39 is 64.5 Å². The molecule has 0 aliphatic carbocycles. The average Bonchev–Trinajstić information content (AvgIpc) is 3.19. The van der Waals surface area contributed by atoms with Gasteiger partial charge >= 0.3 is 6.18 Å². The fourth-order valence-corrected chi connectivity index (χ4v) is 4.91. The summed E-state index contributed by atoms with van der Waals surface area (Å²) in [6.45, 7) is 2.82. The van der Waals surface area contributed by atoms with Crippen LogP contribution < -0.4 is 5.32 Å². The number of hydrogen-bond acceptors (Lipinski definition) is 5. The van der Waals surface area contributed by atoms with Crippen molar-refractivity contribution in [3.63, 3.8) is 0 Å². The number of halogens is 5. The molecule has 1 atom stereocenters. The van der Waals surface area contributed by atoms with E-state index in [-0.39, 0.29) is 24.3 Å². The number of alkyl halides is 3. The first-order valence-corrected chi connectivity index (χ1v) is 11.4. The van der Waals surface area contributed by atoms with Gasteiger partial charge in [0.2, 0.25) is 5.76 Å². The number of benzene rings is 1. The summed E-state index contributed by atoms with van der Waals surface area (Å²) in [6, 6.07) is 4.43. The smallest absolute Gasteiger partial charge is 0.451 e. The number of nitrogens with one attached hydrogen (secondary N) is 1. The van der Waals surface area contributed by atoms with Crippen LogP contribution in [0.25, 0.3) is 0 Å². The van der Waals surface area contributed by atoms with Gasteiger partial charge in [0.05, 0.1) is 17.8 Å². The van der Waals surface area contributed by atoms with Crippen LogP contribution in [0.5, 0.6) is 0 Å². The predicted octanol–water partition coefficient (Wildman–Crippen LogP) is 5.23. The first-order valence-electron chi connectivity index (χ1n) is 11.4. The fourth-order valence-electron chi connectivity index (χ4n) is 4.91. The van der Waals surface area contributed by atoms with Gasteiger partial charge < -0.3 is 14.8 Å². The molecular formula is C24H24F5N3O4. The molecule has 0 radical (unpaired) electrons. The number of carbonyl (C=O) groups excluding carboxylic acids is 2. The molecule has 1 unspecified atom stereocenters. The molecule has 1 fully saturated rings. The van der Waals surface area contributed by atoms with Crippen LogP contribution in [0.3, 0.4) is 0 Å². The van der Waals surface area contributed by atoms with Crippen LogP contribution in [0.2, 0.25) is 0 Å². The number of aliphatic hydroxyl groups excluding tert-OH is 1. The Morgan fingerprint density at radius 3 is 2.64 bits per heavy atom. The number of aryl methyl sites for hydroxylation is 1. The third-order valence-corrected chi connectivity index (χ3v) is 6.65. The quantitative estimate of drug-likeness (QED) is 0.423. The zero-order valence-electron chi connectivity index (χ0n) is 19.5. The lowest BCUT2D eigenvalue weighted by Gasteiger charge is -2.54. The van der Waals surface area contributed by atoms with E-state index in [2.05, 4.69) is 4.42 Å². The molecule has 0 bridgehead atoms. The minimum absolute atomic E-state index is 0.127. The van der Waals surface area contributed by atoms with Crippen LogP contribution in [-0.2, 0) is 22.3 Å². The van der Waals surface area contributed by atoms with Crippen LogP contribution in [-0.4, -0.2) is 39.0 Å². The highest BCUT2D eigenvalue weighted by atomic mass is 19.4. The predicted molar refractivity (Wildman–Crippen MR) is 117 cm³/mol. The molecule has 2 aliphatic rings. The maximum atomic E-state index is 14.5. The highest BCUT2D eigenvalue weighted by Crippen LogP contribution is 2.44. The molecule has 4 rings (SSSR count). The van der Waals surface area contributed by atoms with Crippen molar-refractivity contribution < 1.29 is 41.1 Å². The van der Waals surface area contributed by atoms with Crippen LogP contribution in [0, 0.1) is 18.6 Å². The molecule has 2 aromatic rings. The maximum absolute atomic E-state index is 14.5. The van der Waals surface area contributed by atoms with Gasteiger partial charge in [-0.25, -0.2) is 13.8 Å². The largest absolute Gasteiger partial charge is 0.509 e. The molecule has 7 nitrogen and oxygen atoms in total. The zero-order chi connectivity index (χ0) is 26.4. The molecule has 1 aromatic carbocycles. The molecule has 1 aromatic heterocycles. The van der Waals surface area contributed by atoms with Gasteiger partial charge in [-0.15, -0.1) is 0 Å². The molecule has 0 spiro atoms. The Morgan fingerprint density at radius 1 is 1.25 bits per heavy atom. The Balaban J connectivity index is 1.78. The number of furan rings is 1. The Bertz CT molecular complexity index is 1240. The molecule has 0 saturated carbocycles. The lowest BCUT2D eigenvalue weighted by Crippen LogP contribution is -2.65. The van der Waals surface area contributed by atoms with E-state index >= 15 is 0 Å². The van der Waals surface area contributed by atoms with Crippen molar-refractivity contribution in [2.24, 2.45) is 0 Å². The van der Waals surface area contributed by atoms with Crippen LogP contribution in [0.1, 0.15) is 49.7 Å². The van der Waals surface area contributed by atoms with Crippen molar-refractivity contribution in [2.45, 2.75) is 57.8 Å². The molecule has 12 heteroatoms. The van der Waals surface area contributed by atoms with Gasteiger partial charge in [0, 0.05) is 18.2 Å². The molecular weight excluding hydrogens is 489 g/mol. The second-order valence-corrected chi connectivity index (χ2v) is 8.82. The van der Waals surface area contributed by atoms with Gasteiger partial charge in [-0.3, -0.25) is 14.6 Å². The Morgan fingerprint density at radius 2 is 1.97 bits per heavy atom. The van der Waals surface area contributed by atoms with Gasteiger partial charge in [-0.05, 0) is 38.7 Å². The van der Waals surface area contributed by atoms with E-state index in [0.29, 0.717) is 19.3 Å². The minimum Gasteiger partial charge on any atom is -0.509 e. The average molecular weight is 513 g/mol. The highest BCUT2D eigenvalue weighted by molar-refractivity contribution is 6.23. The van der Waals surface area contributed by atoms with Crippen molar-refractivity contribution >= 4 is 17.5 Å². The van der Waals surface area contributed by atoms with E-state index in [4.69, 9.17) is 0 Å². The second kappa shape index (κ2) is 9.23. The Hall–Kier alpha value is -3.41. The zero-order valence-corrected chi connectivity index (χ0v) is 19.5. The summed E-state index contributed by atoms with van der Waals surface area (Å²) in [6.07, 6.45) is -3.08. The Labute approximate surface area is 203 Å². The molecule has 2 aliphatic heterocycles. The monoisotopic (exact) mass is 513 g/mol. The molecule has 2 N–H and O–H groups in total. The molecule has 194 valence electrons. The topological polar surface area (TPSA) is 86.0 Å². The van der Waals surface area contributed by atoms with E-state index in [1.807, 2.05) is 5.32 Å². The van der Waals surface area contributed by atoms with Crippen molar-refractivity contribution in [3.05, 3.63) is 64.3 Å².